The number of nitrogens with two attached hydrogens (primary N) is 1. The van der Waals surface area contributed by atoms with E-state index in [1.54, 1.807) is 36.5 Å². The van der Waals surface area contributed by atoms with Gasteiger partial charge in [-0.3, -0.25) is 19.2 Å². The Morgan fingerprint density at radius 3 is 2.07 bits per heavy atom. The average Bonchev–Trinajstić information content (AvgIpc) is 3.66. The molecule has 0 saturated carbocycles. The van der Waals surface area contributed by atoms with E-state index in [0.29, 0.717) is 11.3 Å². The number of imidazole rings is 1. The molecule has 0 aliphatic rings. The highest BCUT2D eigenvalue weighted by Crippen LogP contribution is 2.19. The fraction of sp³-hybridized carbons (Fsp3) is 0.267. The van der Waals surface area contributed by atoms with Crippen LogP contribution in [0.15, 0.2) is 73.3 Å². The van der Waals surface area contributed by atoms with Gasteiger partial charge in [0.25, 0.3) is 0 Å². The van der Waals surface area contributed by atoms with Crippen molar-refractivity contribution < 1.29 is 34.2 Å². The molecular weight excluding hydrogens is 570 g/mol. The fourth-order valence-corrected chi connectivity index (χ4v) is 4.71. The molecule has 4 rings (SSSR count). The topological polar surface area (TPSA) is 232 Å². The number of carboxylic acids is 2. The first kappa shape index (κ1) is 31.4. The normalized spacial score (nSPS) is 13.8. The molecule has 4 atom stereocenters. The Labute approximate surface area is 251 Å². The molecular formula is C30H33N7O7. The van der Waals surface area contributed by atoms with Crippen molar-refractivity contribution in [3.05, 3.63) is 90.1 Å². The van der Waals surface area contributed by atoms with Gasteiger partial charge in [-0.15, -0.1) is 0 Å². The second-order valence-corrected chi connectivity index (χ2v) is 10.3. The molecule has 44 heavy (non-hydrogen) atoms. The van der Waals surface area contributed by atoms with Crippen LogP contribution >= 0.6 is 0 Å². The van der Waals surface area contributed by atoms with Crippen LogP contribution in [0.2, 0.25) is 0 Å². The molecule has 230 valence electrons. The molecule has 3 amide bonds. The van der Waals surface area contributed by atoms with Crippen molar-refractivity contribution in [1.29, 1.82) is 0 Å². The van der Waals surface area contributed by atoms with Gasteiger partial charge in [-0.05, 0) is 23.6 Å². The minimum Gasteiger partial charge on any atom is -0.481 e. The van der Waals surface area contributed by atoms with Gasteiger partial charge in [-0.1, -0.05) is 48.5 Å². The summed E-state index contributed by atoms with van der Waals surface area (Å²) in [5.41, 5.74) is 9.13. The zero-order valence-electron chi connectivity index (χ0n) is 23.5. The summed E-state index contributed by atoms with van der Waals surface area (Å²) >= 11 is 0. The third-order valence-corrected chi connectivity index (χ3v) is 6.97. The van der Waals surface area contributed by atoms with Crippen LogP contribution in [0.4, 0.5) is 0 Å². The minimum absolute atomic E-state index is 0.0200. The molecule has 0 spiro atoms. The van der Waals surface area contributed by atoms with Crippen molar-refractivity contribution >= 4 is 40.6 Å². The second-order valence-electron chi connectivity index (χ2n) is 10.3. The lowest BCUT2D eigenvalue weighted by molar-refractivity contribution is -0.147. The van der Waals surface area contributed by atoms with Gasteiger partial charge in [-0.2, -0.15) is 0 Å². The summed E-state index contributed by atoms with van der Waals surface area (Å²) < 4.78 is 0. The first-order chi connectivity index (χ1) is 21.1. The number of benzene rings is 2. The zero-order valence-corrected chi connectivity index (χ0v) is 23.5. The number of hydrogen-bond donors (Lipinski definition) is 8. The predicted molar refractivity (Wildman–Crippen MR) is 158 cm³/mol. The van der Waals surface area contributed by atoms with E-state index in [0.717, 1.165) is 16.5 Å². The van der Waals surface area contributed by atoms with Crippen molar-refractivity contribution in [3.63, 3.8) is 0 Å². The van der Waals surface area contributed by atoms with Crippen LogP contribution in [0.3, 0.4) is 0 Å². The SMILES string of the molecule is NC(Cc1c[nH]c2ccccc12)C(=O)NC(Cc1cnc[nH]1)C(=O)NC(Cc1ccccc1)C(=O)NC(CC(=O)O)C(=O)O. The highest BCUT2D eigenvalue weighted by atomic mass is 16.4. The summed E-state index contributed by atoms with van der Waals surface area (Å²) in [4.78, 5) is 72.8. The molecule has 0 saturated heterocycles. The lowest BCUT2D eigenvalue weighted by Crippen LogP contribution is -2.58. The van der Waals surface area contributed by atoms with E-state index in [-0.39, 0.29) is 19.3 Å². The number of rotatable bonds is 15. The van der Waals surface area contributed by atoms with Gasteiger partial charge in [-0.25, -0.2) is 9.78 Å². The van der Waals surface area contributed by atoms with Crippen molar-refractivity contribution in [2.45, 2.75) is 49.9 Å². The molecule has 2 aromatic carbocycles. The molecule has 0 aliphatic carbocycles. The van der Waals surface area contributed by atoms with E-state index in [1.165, 1.54) is 12.5 Å². The molecule has 2 heterocycles. The van der Waals surface area contributed by atoms with E-state index in [1.807, 2.05) is 24.3 Å². The Hall–Kier alpha value is -5.50. The number of aromatic amines is 2. The van der Waals surface area contributed by atoms with Gasteiger partial charge in [0, 0.05) is 41.8 Å². The first-order valence-electron chi connectivity index (χ1n) is 13.8. The summed E-state index contributed by atoms with van der Waals surface area (Å²) in [7, 11) is 0. The number of nitrogens with one attached hydrogen (secondary N) is 5. The number of aromatic nitrogens is 3. The van der Waals surface area contributed by atoms with Crippen LogP contribution in [-0.4, -0.2) is 79.0 Å². The Bertz CT molecular complexity index is 1600. The molecule has 9 N–H and O–H groups in total. The summed E-state index contributed by atoms with van der Waals surface area (Å²) in [5, 5.41) is 26.9. The average molecular weight is 604 g/mol. The molecule has 0 bridgehead atoms. The van der Waals surface area contributed by atoms with E-state index in [4.69, 9.17) is 10.8 Å². The summed E-state index contributed by atoms with van der Waals surface area (Å²) in [6.45, 7) is 0. The highest BCUT2D eigenvalue weighted by Gasteiger charge is 2.32. The minimum atomic E-state index is -1.72. The van der Waals surface area contributed by atoms with Crippen LogP contribution in [-0.2, 0) is 43.2 Å². The molecule has 14 heteroatoms. The number of carbonyl (C=O) groups excluding carboxylic acids is 3. The van der Waals surface area contributed by atoms with Crippen molar-refractivity contribution in [1.82, 2.24) is 30.9 Å². The molecule has 0 radical (unpaired) electrons. The number of nitrogens with zero attached hydrogens (tertiary/aromatic N) is 1. The van der Waals surface area contributed by atoms with Gasteiger partial charge in [0.2, 0.25) is 17.7 Å². The fourth-order valence-electron chi connectivity index (χ4n) is 4.71. The van der Waals surface area contributed by atoms with Crippen molar-refractivity contribution in [2.24, 2.45) is 5.73 Å². The van der Waals surface area contributed by atoms with E-state index in [9.17, 15) is 29.1 Å². The summed E-state index contributed by atoms with van der Waals surface area (Å²) in [5.74, 6) is -5.22. The number of H-pyrrole nitrogens is 2. The molecule has 4 unspecified atom stereocenters. The predicted octanol–water partition coefficient (Wildman–Crippen LogP) is 0.260. The van der Waals surface area contributed by atoms with Gasteiger partial charge >= 0.3 is 11.9 Å². The van der Waals surface area contributed by atoms with Crippen LogP contribution in [0.25, 0.3) is 10.9 Å². The van der Waals surface area contributed by atoms with Crippen LogP contribution in [0.1, 0.15) is 23.2 Å². The third kappa shape index (κ3) is 8.51. The number of carboxylic acid groups (broad SMARTS) is 2. The quantitative estimate of drug-likeness (QED) is 0.0929. The number of carbonyl (C=O) groups is 5. The van der Waals surface area contributed by atoms with Crippen molar-refractivity contribution in [2.75, 3.05) is 0 Å². The maximum atomic E-state index is 13.6. The number of hydrogen-bond acceptors (Lipinski definition) is 7. The Balaban J connectivity index is 1.52. The molecule has 0 aliphatic heterocycles. The van der Waals surface area contributed by atoms with Crippen LogP contribution in [0.5, 0.6) is 0 Å². The van der Waals surface area contributed by atoms with E-state index in [2.05, 4.69) is 30.9 Å². The third-order valence-electron chi connectivity index (χ3n) is 6.97. The smallest absolute Gasteiger partial charge is 0.326 e. The van der Waals surface area contributed by atoms with Gasteiger partial charge in [0.05, 0.1) is 18.8 Å². The monoisotopic (exact) mass is 603 g/mol. The second kappa shape index (κ2) is 14.6. The van der Waals surface area contributed by atoms with Gasteiger partial charge < -0.3 is 41.9 Å². The molecule has 4 aromatic rings. The van der Waals surface area contributed by atoms with Gasteiger partial charge in [0.15, 0.2) is 0 Å². The molecule has 0 fully saturated rings. The lowest BCUT2D eigenvalue weighted by atomic mass is 10.0. The van der Waals surface area contributed by atoms with E-state index >= 15 is 0 Å². The Morgan fingerprint density at radius 2 is 1.41 bits per heavy atom. The highest BCUT2D eigenvalue weighted by molar-refractivity contribution is 5.95. The molecule has 2 aromatic heterocycles. The van der Waals surface area contributed by atoms with Crippen LogP contribution in [0, 0.1) is 0 Å². The number of amides is 3. The molecule has 14 nitrogen and oxygen atoms in total. The zero-order chi connectivity index (χ0) is 31.6. The Morgan fingerprint density at radius 1 is 0.773 bits per heavy atom. The summed E-state index contributed by atoms with van der Waals surface area (Å²) in [6, 6.07) is 11.0. The largest absolute Gasteiger partial charge is 0.481 e. The summed E-state index contributed by atoms with van der Waals surface area (Å²) in [6.07, 6.45) is 3.93. The first-order valence-corrected chi connectivity index (χ1v) is 13.8. The Kier molecular flexibility index (Phi) is 10.4. The van der Waals surface area contributed by atoms with Gasteiger partial charge in [0.1, 0.15) is 18.1 Å². The maximum Gasteiger partial charge on any atom is 0.326 e. The van der Waals surface area contributed by atoms with Crippen LogP contribution < -0.4 is 21.7 Å². The standard InChI is InChI=1S/C30H33N7O7/c31-21(11-18-14-33-22-9-5-4-8-20(18)22)27(40)35-24(12-19-15-32-16-34-19)29(42)36-23(10-17-6-2-1-3-7-17)28(41)37-25(30(43)44)13-26(38)39/h1-9,14-16,21,23-25,33H,10-13,31H2,(H,32,34)(H,35,40)(H,36,42)(H,37,41)(H,38,39)(H,43,44). The maximum absolute atomic E-state index is 13.6. The lowest BCUT2D eigenvalue weighted by Gasteiger charge is -2.25. The number of fused-ring (bicyclic) bond motifs is 1. The number of para-hydroxylation sites is 1. The van der Waals surface area contributed by atoms with E-state index < -0.39 is 60.2 Å². The number of aliphatic carboxylic acids is 2. The van der Waals surface area contributed by atoms with Crippen molar-refractivity contribution in [3.8, 4) is 0 Å².